The Morgan fingerprint density at radius 2 is 1.75 bits per heavy atom. The zero-order chi connectivity index (χ0) is 14.3. The molecule has 0 unspecified atom stereocenters. The Morgan fingerprint density at radius 3 is 2.45 bits per heavy atom. The van der Waals surface area contributed by atoms with Crippen molar-refractivity contribution in [2.75, 3.05) is 5.32 Å². The van der Waals surface area contributed by atoms with Crippen LogP contribution in [0.3, 0.4) is 0 Å². The number of aromatic nitrogens is 1. The largest absolute Gasteiger partial charge is 0.329 e. The van der Waals surface area contributed by atoms with Crippen molar-refractivity contribution >= 4 is 83.1 Å². The lowest BCUT2D eigenvalue weighted by Gasteiger charge is -2.08. The monoisotopic (exact) mass is 406 g/mol. The molecule has 0 radical (unpaired) electrons. The molecule has 0 aliphatic rings. The average Bonchev–Trinajstić information content (AvgIpc) is 2.75. The lowest BCUT2D eigenvalue weighted by Crippen LogP contribution is -1.91. The molecule has 0 saturated carbocycles. The van der Waals surface area contributed by atoms with Crippen LogP contribution in [0.25, 0.3) is 10.2 Å². The Hall–Kier alpha value is -0.520. The molecular formula is C13H6BrCl3N2S. The van der Waals surface area contributed by atoms with Gasteiger partial charge < -0.3 is 5.32 Å². The van der Waals surface area contributed by atoms with Crippen LogP contribution in [0, 0.1) is 0 Å². The van der Waals surface area contributed by atoms with E-state index >= 15 is 0 Å². The molecule has 0 atom stereocenters. The van der Waals surface area contributed by atoms with E-state index in [1.807, 2.05) is 18.2 Å². The number of rotatable bonds is 2. The van der Waals surface area contributed by atoms with Crippen LogP contribution in [0.5, 0.6) is 0 Å². The maximum absolute atomic E-state index is 6.19. The van der Waals surface area contributed by atoms with Gasteiger partial charge in [-0.25, -0.2) is 4.98 Å². The molecule has 2 nitrogen and oxygen atoms in total. The lowest BCUT2D eigenvalue weighted by atomic mass is 10.3. The number of anilines is 2. The second kappa shape index (κ2) is 5.70. The normalized spacial score (nSPS) is 11.0. The molecule has 0 bridgehead atoms. The highest BCUT2D eigenvalue weighted by molar-refractivity contribution is 9.10. The van der Waals surface area contributed by atoms with Crippen molar-refractivity contribution < 1.29 is 0 Å². The first-order valence-electron chi connectivity index (χ1n) is 5.50. The maximum Gasteiger partial charge on any atom is 0.188 e. The van der Waals surface area contributed by atoms with Crippen LogP contribution >= 0.6 is 62.1 Å². The summed E-state index contributed by atoms with van der Waals surface area (Å²) in [6.45, 7) is 0. The van der Waals surface area contributed by atoms with Crippen molar-refractivity contribution in [2.45, 2.75) is 0 Å². The average molecular weight is 409 g/mol. The molecule has 7 heteroatoms. The van der Waals surface area contributed by atoms with Crippen LogP contribution in [0.4, 0.5) is 10.8 Å². The van der Waals surface area contributed by atoms with E-state index in [4.69, 9.17) is 34.8 Å². The predicted octanol–water partition coefficient (Wildman–Crippen LogP) is 6.76. The van der Waals surface area contributed by atoms with Gasteiger partial charge in [0.15, 0.2) is 5.13 Å². The predicted molar refractivity (Wildman–Crippen MR) is 92.1 cm³/mol. The van der Waals surface area contributed by atoms with Gasteiger partial charge in [0.2, 0.25) is 0 Å². The number of benzene rings is 2. The molecule has 3 rings (SSSR count). The molecule has 0 fully saturated rings. The Labute approximate surface area is 142 Å². The summed E-state index contributed by atoms with van der Waals surface area (Å²) in [5, 5.41) is 5.59. The summed E-state index contributed by atoms with van der Waals surface area (Å²) in [6.07, 6.45) is 0. The van der Waals surface area contributed by atoms with Gasteiger partial charge in [0.1, 0.15) is 0 Å². The highest BCUT2D eigenvalue weighted by atomic mass is 79.9. The van der Waals surface area contributed by atoms with Crippen molar-refractivity contribution in [3.05, 3.63) is 49.9 Å². The van der Waals surface area contributed by atoms with E-state index in [1.54, 1.807) is 12.1 Å². The van der Waals surface area contributed by atoms with E-state index in [0.717, 1.165) is 14.7 Å². The van der Waals surface area contributed by atoms with Crippen LogP contribution in [-0.2, 0) is 0 Å². The molecule has 102 valence electrons. The van der Waals surface area contributed by atoms with Crippen molar-refractivity contribution in [1.29, 1.82) is 0 Å². The fraction of sp³-hybridized carbons (Fsp3) is 0. The quantitative estimate of drug-likeness (QED) is 0.506. The molecule has 3 aromatic rings. The van der Waals surface area contributed by atoms with Gasteiger partial charge in [0.05, 0.1) is 25.9 Å². The Morgan fingerprint density at radius 1 is 1.05 bits per heavy atom. The minimum Gasteiger partial charge on any atom is -0.329 e. The number of hydrogen-bond acceptors (Lipinski definition) is 3. The molecule has 20 heavy (non-hydrogen) atoms. The summed E-state index contributed by atoms with van der Waals surface area (Å²) < 4.78 is 1.87. The Bertz CT molecular complexity index is 780. The summed E-state index contributed by atoms with van der Waals surface area (Å²) in [4.78, 5) is 4.47. The standard InChI is InChI=1S/C13H6BrCl3N2S/c14-6-3-8(16)12(9(17)4-6)19-13-18-10-5-7(15)1-2-11(10)20-13/h1-5H,(H,18,19). The van der Waals surface area contributed by atoms with Gasteiger partial charge in [-0.15, -0.1) is 0 Å². The van der Waals surface area contributed by atoms with Crippen LogP contribution in [0.15, 0.2) is 34.8 Å². The fourth-order valence-corrected chi connectivity index (χ4v) is 4.04. The number of nitrogens with zero attached hydrogens (tertiary/aromatic N) is 1. The summed E-state index contributed by atoms with van der Waals surface area (Å²) in [6, 6.07) is 9.15. The highest BCUT2D eigenvalue weighted by Gasteiger charge is 2.11. The van der Waals surface area contributed by atoms with E-state index in [-0.39, 0.29) is 0 Å². The molecule has 0 aliphatic carbocycles. The summed E-state index contributed by atoms with van der Waals surface area (Å²) in [5.41, 5.74) is 1.48. The van der Waals surface area contributed by atoms with E-state index < -0.39 is 0 Å². The molecule has 0 aliphatic heterocycles. The zero-order valence-electron chi connectivity index (χ0n) is 9.75. The van der Waals surface area contributed by atoms with Gasteiger partial charge in [-0.05, 0) is 30.3 Å². The molecule has 1 N–H and O–H groups in total. The van der Waals surface area contributed by atoms with E-state index in [2.05, 4.69) is 26.2 Å². The molecule has 2 aromatic carbocycles. The van der Waals surface area contributed by atoms with Crippen LogP contribution < -0.4 is 5.32 Å². The van der Waals surface area contributed by atoms with Crippen molar-refractivity contribution in [1.82, 2.24) is 4.98 Å². The SMILES string of the molecule is Clc1ccc2sc(Nc3c(Cl)cc(Br)cc3Cl)nc2c1. The molecule has 0 amide bonds. The summed E-state index contributed by atoms with van der Waals surface area (Å²) >= 11 is 23.2. The van der Waals surface area contributed by atoms with Gasteiger partial charge >= 0.3 is 0 Å². The number of nitrogens with one attached hydrogen (secondary N) is 1. The van der Waals surface area contributed by atoms with E-state index in [1.165, 1.54) is 11.3 Å². The smallest absolute Gasteiger partial charge is 0.188 e. The minimum absolute atomic E-state index is 0.529. The highest BCUT2D eigenvalue weighted by Crippen LogP contribution is 2.37. The van der Waals surface area contributed by atoms with E-state index in [9.17, 15) is 0 Å². The number of hydrogen-bond donors (Lipinski definition) is 1. The Balaban J connectivity index is 2.01. The fourth-order valence-electron chi connectivity index (χ4n) is 1.72. The summed E-state index contributed by atoms with van der Waals surface area (Å²) in [5.74, 6) is 0. The topological polar surface area (TPSA) is 24.9 Å². The number of fused-ring (bicyclic) bond motifs is 1. The second-order valence-electron chi connectivity index (χ2n) is 4.00. The van der Waals surface area contributed by atoms with Gasteiger partial charge in [-0.2, -0.15) is 0 Å². The van der Waals surface area contributed by atoms with Gasteiger partial charge in [-0.1, -0.05) is 62.1 Å². The first-order chi connectivity index (χ1) is 9.52. The zero-order valence-corrected chi connectivity index (χ0v) is 14.4. The van der Waals surface area contributed by atoms with Gasteiger partial charge in [0.25, 0.3) is 0 Å². The third-order valence-corrected chi connectivity index (χ3v) is 4.83. The third-order valence-electron chi connectivity index (χ3n) is 2.59. The molecular weight excluding hydrogens is 402 g/mol. The first-order valence-corrected chi connectivity index (χ1v) is 8.25. The van der Waals surface area contributed by atoms with Gasteiger partial charge in [-0.3, -0.25) is 0 Å². The number of thiazole rings is 1. The maximum atomic E-state index is 6.19. The van der Waals surface area contributed by atoms with Crippen LogP contribution in [0.1, 0.15) is 0 Å². The second-order valence-corrected chi connectivity index (χ2v) is 7.20. The van der Waals surface area contributed by atoms with Gasteiger partial charge in [0, 0.05) is 9.50 Å². The van der Waals surface area contributed by atoms with Crippen molar-refractivity contribution in [3.63, 3.8) is 0 Å². The van der Waals surface area contributed by atoms with E-state index in [0.29, 0.717) is 25.9 Å². The number of halogens is 4. The Kier molecular flexibility index (Phi) is 4.11. The van der Waals surface area contributed by atoms with Crippen LogP contribution in [0.2, 0.25) is 15.1 Å². The lowest BCUT2D eigenvalue weighted by molar-refractivity contribution is 1.44. The summed E-state index contributed by atoms with van der Waals surface area (Å²) in [7, 11) is 0. The van der Waals surface area contributed by atoms with Crippen molar-refractivity contribution in [3.8, 4) is 0 Å². The van der Waals surface area contributed by atoms with Crippen LogP contribution in [-0.4, -0.2) is 4.98 Å². The first kappa shape index (κ1) is 14.4. The minimum atomic E-state index is 0.529. The molecule has 1 aromatic heterocycles. The molecule has 1 heterocycles. The molecule has 0 saturated heterocycles. The van der Waals surface area contributed by atoms with Crippen molar-refractivity contribution in [2.24, 2.45) is 0 Å². The molecule has 0 spiro atoms. The third kappa shape index (κ3) is 2.90.